The van der Waals surface area contributed by atoms with Gasteiger partial charge in [0.1, 0.15) is 5.75 Å². The van der Waals surface area contributed by atoms with E-state index in [2.05, 4.69) is 5.32 Å². The monoisotopic (exact) mass is 313 g/mol. The smallest absolute Gasteiger partial charge is 0.231 e. The Balaban J connectivity index is 1.56. The van der Waals surface area contributed by atoms with Crippen LogP contribution in [-0.4, -0.2) is 19.8 Å². The van der Waals surface area contributed by atoms with Crippen LogP contribution in [0.4, 0.5) is 0 Å². The van der Waals surface area contributed by atoms with Crippen LogP contribution in [0.25, 0.3) is 0 Å². The molecule has 5 nitrogen and oxygen atoms in total. The van der Waals surface area contributed by atoms with Crippen LogP contribution in [0.2, 0.25) is 0 Å². The van der Waals surface area contributed by atoms with Gasteiger partial charge in [-0.2, -0.15) is 0 Å². The number of rotatable bonds is 5. The summed E-state index contributed by atoms with van der Waals surface area (Å²) in [5.41, 5.74) is 2.97. The first-order valence-corrected chi connectivity index (χ1v) is 7.44. The molecule has 0 aromatic heterocycles. The third-order valence-corrected chi connectivity index (χ3v) is 3.75. The summed E-state index contributed by atoms with van der Waals surface area (Å²) in [6, 6.07) is 11.4. The van der Waals surface area contributed by atoms with E-state index in [1.165, 1.54) is 0 Å². The van der Waals surface area contributed by atoms with Crippen LogP contribution in [0.15, 0.2) is 36.4 Å². The number of methoxy groups -OCH3 is 1. The predicted octanol–water partition coefficient (Wildman–Crippen LogP) is 2.59. The second-order valence-corrected chi connectivity index (χ2v) is 5.45. The van der Waals surface area contributed by atoms with Crippen molar-refractivity contribution in [2.75, 3.05) is 13.9 Å². The zero-order valence-electron chi connectivity index (χ0n) is 13.2. The van der Waals surface area contributed by atoms with Crippen molar-refractivity contribution in [3.63, 3.8) is 0 Å². The first-order valence-electron chi connectivity index (χ1n) is 7.44. The number of amides is 1. The SMILES string of the molecule is COc1ccc(CC(=O)NCc2ccc3c(c2)OCO3)cc1C. The number of benzene rings is 2. The van der Waals surface area contributed by atoms with Crippen LogP contribution < -0.4 is 19.5 Å². The number of nitrogens with one attached hydrogen (secondary N) is 1. The summed E-state index contributed by atoms with van der Waals surface area (Å²) in [7, 11) is 1.64. The Morgan fingerprint density at radius 2 is 1.91 bits per heavy atom. The molecule has 3 rings (SSSR count). The van der Waals surface area contributed by atoms with Crippen LogP contribution in [0, 0.1) is 6.92 Å². The lowest BCUT2D eigenvalue weighted by atomic mass is 10.1. The molecule has 1 aliphatic rings. The Labute approximate surface area is 135 Å². The van der Waals surface area contributed by atoms with Crippen molar-refractivity contribution < 1.29 is 19.0 Å². The van der Waals surface area contributed by atoms with Gasteiger partial charge in [-0.05, 0) is 41.8 Å². The van der Waals surface area contributed by atoms with Crippen LogP contribution in [0.3, 0.4) is 0 Å². The molecule has 1 amide bonds. The summed E-state index contributed by atoms with van der Waals surface area (Å²) < 4.78 is 15.8. The average molecular weight is 313 g/mol. The number of hydrogen-bond acceptors (Lipinski definition) is 4. The van der Waals surface area contributed by atoms with Gasteiger partial charge in [0.25, 0.3) is 0 Å². The Kier molecular flexibility index (Phi) is 4.37. The highest BCUT2D eigenvalue weighted by Crippen LogP contribution is 2.32. The van der Waals surface area contributed by atoms with Gasteiger partial charge in [0.15, 0.2) is 11.5 Å². The van der Waals surface area contributed by atoms with E-state index in [0.717, 1.165) is 33.9 Å². The van der Waals surface area contributed by atoms with Gasteiger partial charge in [0.2, 0.25) is 12.7 Å². The number of hydrogen-bond donors (Lipinski definition) is 1. The number of fused-ring (bicyclic) bond motifs is 1. The molecular formula is C18H19NO4. The zero-order chi connectivity index (χ0) is 16.2. The largest absolute Gasteiger partial charge is 0.496 e. The maximum absolute atomic E-state index is 12.1. The van der Waals surface area contributed by atoms with E-state index < -0.39 is 0 Å². The third kappa shape index (κ3) is 3.56. The summed E-state index contributed by atoms with van der Waals surface area (Å²) >= 11 is 0. The van der Waals surface area contributed by atoms with Crippen molar-refractivity contribution in [1.29, 1.82) is 0 Å². The molecule has 0 saturated heterocycles. The van der Waals surface area contributed by atoms with Crippen LogP contribution in [-0.2, 0) is 17.8 Å². The maximum atomic E-state index is 12.1. The first-order chi connectivity index (χ1) is 11.2. The molecule has 0 saturated carbocycles. The fourth-order valence-corrected chi connectivity index (χ4v) is 2.55. The highest BCUT2D eigenvalue weighted by Gasteiger charge is 2.13. The molecule has 2 aromatic rings. The highest BCUT2D eigenvalue weighted by atomic mass is 16.7. The van der Waals surface area contributed by atoms with Crippen molar-refractivity contribution >= 4 is 5.91 Å². The Morgan fingerprint density at radius 1 is 1.13 bits per heavy atom. The van der Waals surface area contributed by atoms with E-state index in [1.54, 1.807) is 7.11 Å². The molecular weight excluding hydrogens is 294 g/mol. The lowest BCUT2D eigenvalue weighted by molar-refractivity contribution is -0.120. The summed E-state index contributed by atoms with van der Waals surface area (Å²) in [4.78, 5) is 12.1. The lowest BCUT2D eigenvalue weighted by Crippen LogP contribution is -2.24. The molecule has 0 bridgehead atoms. The van der Waals surface area contributed by atoms with E-state index in [1.807, 2.05) is 43.3 Å². The lowest BCUT2D eigenvalue weighted by Gasteiger charge is -2.09. The van der Waals surface area contributed by atoms with Gasteiger partial charge >= 0.3 is 0 Å². The van der Waals surface area contributed by atoms with Gasteiger partial charge < -0.3 is 19.5 Å². The van der Waals surface area contributed by atoms with Gasteiger partial charge in [-0.1, -0.05) is 18.2 Å². The number of ether oxygens (including phenoxy) is 3. The molecule has 0 aliphatic carbocycles. The van der Waals surface area contributed by atoms with Crippen molar-refractivity contribution in [2.45, 2.75) is 19.9 Å². The molecule has 1 heterocycles. The van der Waals surface area contributed by atoms with Gasteiger partial charge in [-0.25, -0.2) is 0 Å². The van der Waals surface area contributed by atoms with Gasteiger partial charge in [-0.3, -0.25) is 4.79 Å². The van der Waals surface area contributed by atoms with Crippen molar-refractivity contribution in [1.82, 2.24) is 5.32 Å². The Bertz CT molecular complexity index is 727. The minimum atomic E-state index is -0.0211. The fraction of sp³-hybridized carbons (Fsp3) is 0.278. The molecule has 0 spiro atoms. The molecule has 120 valence electrons. The molecule has 0 fully saturated rings. The summed E-state index contributed by atoms with van der Waals surface area (Å²) in [5, 5.41) is 2.92. The molecule has 0 atom stereocenters. The van der Waals surface area contributed by atoms with Crippen molar-refractivity contribution in [3.05, 3.63) is 53.1 Å². The summed E-state index contributed by atoms with van der Waals surface area (Å²) in [6.07, 6.45) is 0.343. The summed E-state index contributed by atoms with van der Waals surface area (Å²) in [5.74, 6) is 2.28. The molecule has 2 aromatic carbocycles. The molecule has 23 heavy (non-hydrogen) atoms. The number of carbonyl (C=O) groups excluding carboxylic acids is 1. The van der Waals surface area contributed by atoms with Gasteiger partial charge in [0, 0.05) is 6.54 Å². The topological polar surface area (TPSA) is 56.8 Å². The number of aryl methyl sites for hydroxylation is 1. The molecule has 1 N–H and O–H groups in total. The van der Waals surface area contributed by atoms with E-state index >= 15 is 0 Å². The van der Waals surface area contributed by atoms with Gasteiger partial charge in [0.05, 0.1) is 13.5 Å². The van der Waals surface area contributed by atoms with Crippen molar-refractivity contribution in [2.24, 2.45) is 0 Å². The predicted molar refractivity (Wildman–Crippen MR) is 85.8 cm³/mol. The van der Waals surface area contributed by atoms with E-state index in [0.29, 0.717) is 13.0 Å². The molecule has 5 heteroatoms. The second kappa shape index (κ2) is 6.60. The first kappa shape index (κ1) is 15.2. The molecule has 0 radical (unpaired) electrons. The van der Waals surface area contributed by atoms with Gasteiger partial charge in [-0.15, -0.1) is 0 Å². The van der Waals surface area contributed by atoms with Crippen LogP contribution >= 0.6 is 0 Å². The minimum absolute atomic E-state index is 0.0211. The molecule has 1 aliphatic heterocycles. The normalized spacial score (nSPS) is 12.1. The average Bonchev–Trinajstić information content (AvgIpc) is 3.01. The van der Waals surface area contributed by atoms with Crippen LogP contribution in [0.1, 0.15) is 16.7 Å². The molecule has 0 unspecified atom stereocenters. The maximum Gasteiger partial charge on any atom is 0.231 e. The van der Waals surface area contributed by atoms with E-state index in [-0.39, 0.29) is 12.7 Å². The quantitative estimate of drug-likeness (QED) is 0.922. The zero-order valence-corrected chi connectivity index (χ0v) is 13.2. The van der Waals surface area contributed by atoms with E-state index in [9.17, 15) is 4.79 Å². The fourth-order valence-electron chi connectivity index (χ4n) is 2.55. The Morgan fingerprint density at radius 3 is 2.70 bits per heavy atom. The summed E-state index contributed by atoms with van der Waals surface area (Å²) in [6.45, 7) is 2.68. The Hall–Kier alpha value is -2.69. The second-order valence-electron chi connectivity index (χ2n) is 5.45. The minimum Gasteiger partial charge on any atom is -0.496 e. The standard InChI is InChI=1S/C18H19NO4/c1-12-7-13(3-5-15(12)21-2)9-18(20)19-10-14-4-6-16-17(8-14)23-11-22-16/h3-8H,9-11H2,1-2H3,(H,19,20). The number of carbonyl (C=O) groups is 1. The highest BCUT2D eigenvalue weighted by molar-refractivity contribution is 5.78. The van der Waals surface area contributed by atoms with Crippen molar-refractivity contribution in [3.8, 4) is 17.2 Å². The van der Waals surface area contributed by atoms with E-state index in [4.69, 9.17) is 14.2 Å². The third-order valence-electron chi connectivity index (χ3n) is 3.75. The van der Waals surface area contributed by atoms with Crippen LogP contribution in [0.5, 0.6) is 17.2 Å².